The highest BCUT2D eigenvalue weighted by Gasteiger charge is 2.13. The Bertz CT molecular complexity index is 1150. The van der Waals surface area contributed by atoms with Gasteiger partial charge in [0.05, 0.1) is 24.8 Å². The van der Waals surface area contributed by atoms with Crippen LogP contribution in [-0.4, -0.2) is 60.5 Å². The van der Waals surface area contributed by atoms with Crippen LogP contribution in [0.25, 0.3) is 11.3 Å². The molecular formula is C25H28N4O4S2. The molecule has 10 heteroatoms. The number of ether oxygens (including phenoxy) is 2. The van der Waals surface area contributed by atoms with E-state index in [0.717, 1.165) is 15.6 Å². The third-order valence-electron chi connectivity index (χ3n) is 4.94. The van der Waals surface area contributed by atoms with Gasteiger partial charge < -0.3 is 14.4 Å². The number of thioether (sulfide) groups is 1. The van der Waals surface area contributed by atoms with E-state index in [2.05, 4.69) is 15.5 Å². The van der Waals surface area contributed by atoms with Crippen LogP contribution in [0.1, 0.15) is 19.4 Å². The summed E-state index contributed by atoms with van der Waals surface area (Å²) in [4.78, 5) is 30.6. The van der Waals surface area contributed by atoms with Crippen molar-refractivity contribution in [2.45, 2.75) is 18.2 Å². The van der Waals surface area contributed by atoms with E-state index in [1.165, 1.54) is 36.4 Å². The average Bonchev–Trinajstić information content (AvgIpc) is 3.37. The van der Waals surface area contributed by atoms with E-state index >= 15 is 0 Å². The molecule has 1 heterocycles. The summed E-state index contributed by atoms with van der Waals surface area (Å²) in [6.07, 6.45) is 1.52. The highest BCUT2D eigenvalue weighted by atomic mass is 32.2. The summed E-state index contributed by atoms with van der Waals surface area (Å²) in [6.45, 7) is 5.05. The van der Waals surface area contributed by atoms with Gasteiger partial charge in [0.2, 0.25) is 0 Å². The van der Waals surface area contributed by atoms with E-state index in [4.69, 9.17) is 9.47 Å². The highest BCUT2D eigenvalue weighted by molar-refractivity contribution is 8.01. The second kappa shape index (κ2) is 13.5. The van der Waals surface area contributed by atoms with Gasteiger partial charge in [-0.3, -0.25) is 9.59 Å². The van der Waals surface area contributed by atoms with Crippen LogP contribution >= 0.6 is 23.1 Å². The van der Waals surface area contributed by atoms with Crippen LogP contribution in [0.3, 0.4) is 0 Å². The molecule has 0 fully saturated rings. The van der Waals surface area contributed by atoms with Gasteiger partial charge in [0, 0.05) is 24.0 Å². The third-order valence-corrected chi connectivity index (χ3v) is 6.96. The molecule has 0 aliphatic carbocycles. The Morgan fingerprint density at radius 1 is 1.14 bits per heavy atom. The van der Waals surface area contributed by atoms with Gasteiger partial charge in [-0.2, -0.15) is 5.10 Å². The van der Waals surface area contributed by atoms with Gasteiger partial charge in [0.15, 0.2) is 22.4 Å². The number of amides is 2. The van der Waals surface area contributed by atoms with Gasteiger partial charge in [-0.1, -0.05) is 42.1 Å². The number of methoxy groups -OCH3 is 1. The zero-order valence-corrected chi connectivity index (χ0v) is 21.5. The van der Waals surface area contributed by atoms with E-state index in [9.17, 15) is 9.59 Å². The van der Waals surface area contributed by atoms with Crippen molar-refractivity contribution in [3.05, 3.63) is 59.5 Å². The Hall–Kier alpha value is -3.37. The van der Waals surface area contributed by atoms with E-state index in [1.807, 2.05) is 49.6 Å². The lowest BCUT2D eigenvalue weighted by Gasteiger charge is -2.19. The van der Waals surface area contributed by atoms with Gasteiger partial charge in [-0.15, -0.1) is 11.3 Å². The number of nitrogens with one attached hydrogen (secondary N) is 1. The molecule has 0 bridgehead atoms. The largest absolute Gasteiger partial charge is 0.493 e. The van der Waals surface area contributed by atoms with E-state index in [0.29, 0.717) is 30.2 Å². The molecule has 3 aromatic rings. The van der Waals surface area contributed by atoms with E-state index < -0.39 is 0 Å². The summed E-state index contributed by atoms with van der Waals surface area (Å²) in [5, 5.41) is 6.00. The lowest BCUT2D eigenvalue weighted by Crippen LogP contribution is -2.34. The molecule has 0 spiro atoms. The molecule has 0 radical (unpaired) electrons. The number of hydrogen-bond donors (Lipinski definition) is 1. The van der Waals surface area contributed by atoms with Crippen LogP contribution in [0.5, 0.6) is 11.5 Å². The Labute approximate surface area is 213 Å². The molecule has 3 rings (SSSR count). The Morgan fingerprint density at radius 3 is 2.63 bits per heavy atom. The molecule has 0 atom stereocenters. The first-order chi connectivity index (χ1) is 17.0. The molecule has 184 valence electrons. The topological polar surface area (TPSA) is 93.1 Å². The first-order valence-electron chi connectivity index (χ1n) is 11.1. The summed E-state index contributed by atoms with van der Waals surface area (Å²) < 4.78 is 11.8. The predicted molar refractivity (Wildman–Crippen MR) is 140 cm³/mol. The molecule has 1 aromatic heterocycles. The molecule has 1 N–H and O–H groups in total. The molecule has 2 aromatic carbocycles. The monoisotopic (exact) mass is 512 g/mol. The number of carbonyl (C=O) groups is 2. The van der Waals surface area contributed by atoms with Crippen LogP contribution in [-0.2, 0) is 9.59 Å². The molecule has 2 amide bonds. The van der Waals surface area contributed by atoms with Crippen molar-refractivity contribution in [1.82, 2.24) is 15.3 Å². The molecule has 0 aliphatic rings. The maximum absolute atomic E-state index is 12.2. The number of aromatic nitrogens is 1. The number of likely N-dealkylation sites (N-methyl/N-ethyl adjacent to an activating group) is 1. The first-order valence-corrected chi connectivity index (χ1v) is 12.9. The lowest BCUT2D eigenvalue weighted by molar-refractivity contribution is -0.133. The zero-order chi connectivity index (χ0) is 25.0. The predicted octanol–water partition coefficient (Wildman–Crippen LogP) is 4.31. The molecule has 0 saturated heterocycles. The minimum Gasteiger partial charge on any atom is -0.493 e. The summed E-state index contributed by atoms with van der Waals surface area (Å²) in [5.41, 5.74) is 5.18. The fourth-order valence-electron chi connectivity index (χ4n) is 3.09. The third kappa shape index (κ3) is 7.83. The normalized spacial score (nSPS) is 10.8. The summed E-state index contributed by atoms with van der Waals surface area (Å²) in [6, 6.07) is 15.1. The van der Waals surface area contributed by atoms with Gasteiger partial charge in [-0.25, -0.2) is 10.4 Å². The second-order valence-corrected chi connectivity index (χ2v) is 9.29. The Morgan fingerprint density at radius 2 is 1.91 bits per heavy atom. The van der Waals surface area contributed by atoms with Crippen molar-refractivity contribution in [2.24, 2.45) is 5.10 Å². The van der Waals surface area contributed by atoms with Crippen LogP contribution < -0.4 is 14.9 Å². The molecule has 35 heavy (non-hydrogen) atoms. The fourth-order valence-corrected chi connectivity index (χ4v) is 4.72. The SMILES string of the molecule is CCN(CC)C(=O)COc1ccc(/C=N/NC(=O)CSc2nc(-c3ccccc3)cs2)cc1OC. The molecule has 0 aliphatic heterocycles. The highest BCUT2D eigenvalue weighted by Crippen LogP contribution is 2.28. The van der Waals surface area contributed by atoms with Crippen molar-refractivity contribution in [2.75, 3.05) is 32.6 Å². The van der Waals surface area contributed by atoms with E-state index in [-0.39, 0.29) is 24.2 Å². The van der Waals surface area contributed by atoms with Crippen LogP contribution in [0.4, 0.5) is 0 Å². The summed E-state index contributed by atoms with van der Waals surface area (Å²) >= 11 is 2.87. The number of nitrogens with zero attached hydrogens (tertiary/aromatic N) is 3. The van der Waals surface area contributed by atoms with Crippen molar-refractivity contribution < 1.29 is 19.1 Å². The smallest absolute Gasteiger partial charge is 0.260 e. The Balaban J connectivity index is 1.48. The number of thiazole rings is 1. The van der Waals surface area contributed by atoms with Gasteiger partial charge >= 0.3 is 0 Å². The van der Waals surface area contributed by atoms with Crippen molar-refractivity contribution in [3.63, 3.8) is 0 Å². The quantitative estimate of drug-likeness (QED) is 0.221. The number of hydrogen-bond acceptors (Lipinski definition) is 8. The van der Waals surface area contributed by atoms with Crippen LogP contribution in [0.2, 0.25) is 0 Å². The molecule has 0 saturated carbocycles. The molecular weight excluding hydrogens is 484 g/mol. The Kier molecular flexibility index (Phi) is 10.1. The maximum Gasteiger partial charge on any atom is 0.260 e. The number of carbonyl (C=O) groups excluding carboxylic acids is 2. The average molecular weight is 513 g/mol. The summed E-state index contributed by atoms with van der Waals surface area (Å²) in [5.74, 6) is 0.822. The van der Waals surface area contributed by atoms with Crippen molar-refractivity contribution in [3.8, 4) is 22.8 Å². The first kappa shape index (κ1) is 26.2. The number of rotatable bonds is 12. The molecule has 8 nitrogen and oxygen atoms in total. The lowest BCUT2D eigenvalue weighted by atomic mass is 10.2. The standard InChI is InChI=1S/C25H28N4O4S2/c1-4-29(5-2)24(31)15-33-21-12-11-18(13-22(21)32-3)14-26-28-23(30)17-35-25-27-20(16-34-25)19-9-7-6-8-10-19/h6-14,16H,4-5,15,17H2,1-3H3,(H,28,30)/b26-14+. The van der Waals surface area contributed by atoms with E-state index in [1.54, 1.807) is 23.1 Å². The number of benzene rings is 2. The zero-order valence-electron chi connectivity index (χ0n) is 19.9. The van der Waals surface area contributed by atoms with Crippen molar-refractivity contribution >= 4 is 41.1 Å². The fraction of sp³-hybridized carbons (Fsp3) is 0.280. The van der Waals surface area contributed by atoms with Crippen molar-refractivity contribution in [1.29, 1.82) is 0 Å². The molecule has 0 unspecified atom stereocenters. The summed E-state index contributed by atoms with van der Waals surface area (Å²) in [7, 11) is 1.52. The second-order valence-electron chi connectivity index (χ2n) is 7.21. The van der Waals surface area contributed by atoms with Crippen LogP contribution in [0, 0.1) is 0 Å². The van der Waals surface area contributed by atoms with Gasteiger partial charge in [-0.05, 0) is 37.6 Å². The minimum absolute atomic E-state index is 0.0643. The maximum atomic E-state index is 12.2. The van der Waals surface area contributed by atoms with Gasteiger partial charge in [0.1, 0.15) is 0 Å². The van der Waals surface area contributed by atoms with Gasteiger partial charge in [0.25, 0.3) is 11.8 Å². The van der Waals surface area contributed by atoms with Crippen LogP contribution in [0.15, 0.2) is 63.4 Å². The number of hydrazone groups is 1. The minimum atomic E-state index is -0.232.